The highest BCUT2D eigenvalue weighted by molar-refractivity contribution is 6.33. The lowest BCUT2D eigenvalue weighted by molar-refractivity contribution is 0.100. The molecule has 3 heterocycles. The lowest BCUT2D eigenvalue weighted by Crippen LogP contribution is -2.36. The molecule has 2 aliphatic rings. The van der Waals surface area contributed by atoms with Crippen LogP contribution in [0.15, 0.2) is 42.6 Å². The van der Waals surface area contributed by atoms with E-state index in [4.69, 9.17) is 26.8 Å². The van der Waals surface area contributed by atoms with Crippen LogP contribution in [0.5, 0.6) is 5.75 Å². The fraction of sp³-hybridized carbons (Fsp3) is 0.414. The molecule has 41 heavy (non-hydrogen) atoms. The smallest absolute Gasteiger partial charge is 0.250 e. The Morgan fingerprint density at radius 2 is 1.93 bits per heavy atom. The number of methoxy groups -OCH3 is 1. The van der Waals surface area contributed by atoms with E-state index in [1.54, 1.807) is 7.11 Å². The molecule has 12 heteroatoms. The van der Waals surface area contributed by atoms with E-state index in [2.05, 4.69) is 49.4 Å². The van der Waals surface area contributed by atoms with Crippen molar-refractivity contribution in [3.05, 3.63) is 58.7 Å². The standard InChI is InChI=1S/C29H37ClN8O3/c1-36(2)21-8-9-37(18-21)17-19-4-6-24(22(14-19)27(31)39)33-28-23(30)16-32-29(35-28)34-25-7-5-20(15-26(25)40-3)38-10-12-41-13-11-38/h4-7,14-16,21H,8-13,17-18H2,1-3H3,(H2,31,39)(H2,32,33,34,35). The lowest BCUT2D eigenvalue weighted by atomic mass is 10.1. The molecule has 0 spiro atoms. The van der Waals surface area contributed by atoms with Crippen LogP contribution in [0.2, 0.25) is 5.02 Å². The van der Waals surface area contributed by atoms with Crippen LogP contribution in [0.4, 0.5) is 28.8 Å². The number of primary amides is 1. The Kier molecular flexibility index (Phi) is 9.09. The van der Waals surface area contributed by atoms with Gasteiger partial charge in [0.05, 0.1) is 43.5 Å². The fourth-order valence-corrected chi connectivity index (χ4v) is 5.34. The van der Waals surface area contributed by atoms with Gasteiger partial charge < -0.3 is 35.6 Å². The number of hydrogen-bond donors (Lipinski definition) is 3. The van der Waals surface area contributed by atoms with Gasteiger partial charge in [0.25, 0.3) is 5.91 Å². The SMILES string of the molecule is COc1cc(N2CCOCC2)ccc1Nc1ncc(Cl)c(Nc2ccc(CN3CCC(N(C)C)C3)cc2C(N)=O)n1. The summed E-state index contributed by atoms with van der Waals surface area (Å²) < 4.78 is 11.1. The molecule has 2 aromatic carbocycles. The number of carbonyl (C=O) groups excluding carboxylic acids is 1. The van der Waals surface area contributed by atoms with E-state index in [-0.39, 0.29) is 0 Å². The molecule has 2 fully saturated rings. The van der Waals surface area contributed by atoms with E-state index in [9.17, 15) is 4.79 Å². The van der Waals surface area contributed by atoms with Crippen LogP contribution in [0.1, 0.15) is 22.3 Å². The molecule has 0 saturated carbocycles. The summed E-state index contributed by atoms with van der Waals surface area (Å²) in [5, 5.41) is 6.70. The first-order chi connectivity index (χ1) is 19.8. The summed E-state index contributed by atoms with van der Waals surface area (Å²) in [5.41, 5.74) is 9.45. The number of anilines is 5. The highest BCUT2D eigenvalue weighted by Crippen LogP contribution is 2.33. The van der Waals surface area contributed by atoms with Gasteiger partial charge in [-0.25, -0.2) is 4.98 Å². The Balaban J connectivity index is 1.32. The summed E-state index contributed by atoms with van der Waals surface area (Å²) in [6.07, 6.45) is 2.63. The van der Waals surface area contributed by atoms with Crippen LogP contribution in [-0.4, -0.2) is 92.3 Å². The van der Waals surface area contributed by atoms with Crippen molar-refractivity contribution in [2.45, 2.75) is 19.0 Å². The number of benzene rings is 2. The van der Waals surface area contributed by atoms with Gasteiger partial charge in [-0.05, 0) is 50.3 Å². The summed E-state index contributed by atoms with van der Waals surface area (Å²) in [4.78, 5) is 28.2. The molecule has 0 bridgehead atoms. The van der Waals surface area contributed by atoms with Crippen LogP contribution >= 0.6 is 11.6 Å². The monoisotopic (exact) mass is 580 g/mol. The van der Waals surface area contributed by atoms with Gasteiger partial charge in [-0.3, -0.25) is 9.69 Å². The highest BCUT2D eigenvalue weighted by Gasteiger charge is 2.24. The molecule has 1 unspecified atom stereocenters. The minimum absolute atomic E-state index is 0.302. The van der Waals surface area contributed by atoms with Crippen LogP contribution in [0, 0.1) is 0 Å². The van der Waals surface area contributed by atoms with Crippen molar-refractivity contribution in [1.29, 1.82) is 0 Å². The second-order valence-corrected chi connectivity index (χ2v) is 10.9. The molecule has 3 aromatic rings. The first-order valence-corrected chi connectivity index (χ1v) is 14.1. The molecule has 2 aliphatic heterocycles. The van der Waals surface area contributed by atoms with Crippen molar-refractivity contribution in [1.82, 2.24) is 19.8 Å². The van der Waals surface area contributed by atoms with Crippen LogP contribution in [-0.2, 0) is 11.3 Å². The number of likely N-dealkylation sites (tertiary alicyclic amines) is 1. The lowest BCUT2D eigenvalue weighted by Gasteiger charge is -2.29. The fourth-order valence-electron chi connectivity index (χ4n) is 5.20. The average Bonchev–Trinajstić information content (AvgIpc) is 3.45. The molecule has 1 amide bonds. The normalized spacial score (nSPS) is 17.6. The van der Waals surface area contributed by atoms with Crippen LogP contribution in [0.3, 0.4) is 0 Å². The van der Waals surface area contributed by atoms with Gasteiger partial charge in [0.1, 0.15) is 10.8 Å². The van der Waals surface area contributed by atoms with Gasteiger partial charge in [0, 0.05) is 50.5 Å². The van der Waals surface area contributed by atoms with Crippen molar-refractivity contribution in [2.24, 2.45) is 5.73 Å². The predicted molar refractivity (Wildman–Crippen MR) is 162 cm³/mol. The van der Waals surface area contributed by atoms with Gasteiger partial charge in [0.2, 0.25) is 5.95 Å². The number of nitrogens with zero attached hydrogens (tertiary/aromatic N) is 5. The van der Waals surface area contributed by atoms with E-state index in [1.165, 1.54) is 6.20 Å². The first-order valence-electron chi connectivity index (χ1n) is 13.7. The number of nitrogens with one attached hydrogen (secondary N) is 2. The van der Waals surface area contributed by atoms with Crippen LogP contribution < -0.4 is 26.0 Å². The van der Waals surface area contributed by atoms with Gasteiger partial charge >= 0.3 is 0 Å². The third-order valence-electron chi connectivity index (χ3n) is 7.54. The summed E-state index contributed by atoms with van der Waals surface area (Å²) >= 11 is 6.45. The quantitative estimate of drug-likeness (QED) is 0.327. The second kappa shape index (κ2) is 12.9. The largest absolute Gasteiger partial charge is 0.494 e. The summed E-state index contributed by atoms with van der Waals surface area (Å²) in [7, 11) is 5.84. The maximum Gasteiger partial charge on any atom is 0.250 e. The molecule has 5 rings (SSSR count). The predicted octanol–water partition coefficient (Wildman–Crippen LogP) is 3.70. The van der Waals surface area contributed by atoms with Gasteiger partial charge in [0.15, 0.2) is 5.82 Å². The van der Waals surface area contributed by atoms with E-state index in [0.29, 0.717) is 58.7 Å². The summed E-state index contributed by atoms with van der Waals surface area (Å²) in [6.45, 7) is 5.82. The summed E-state index contributed by atoms with van der Waals surface area (Å²) in [5.74, 6) is 0.784. The Morgan fingerprint density at radius 3 is 2.63 bits per heavy atom. The maximum atomic E-state index is 12.4. The topological polar surface area (TPSA) is 121 Å². The van der Waals surface area contributed by atoms with Crippen molar-refractivity contribution < 1.29 is 14.3 Å². The molecular weight excluding hydrogens is 544 g/mol. The molecule has 218 valence electrons. The molecule has 0 aliphatic carbocycles. The molecular formula is C29H37ClN8O3. The van der Waals surface area contributed by atoms with Crippen molar-refractivity contribution in [2.75, 3.05) is 76.1 Å². The number of amides is 1. The van der Waals surface area contributed by atoms with Gasteiger partial charge in [-0.2, -0.15) is 4.98 Å². The van der Waals surface area contributed by atoms with E-state index in [0.717, 1.165) is 50.4 Å². The zero-order chi connectivity index (χ0) is 28.9. The zero-order valence-corrected chi connectivity index (χ0v) is 24.4. The highest BCUT2D eigenvalue weighted by atomic mass is 35.5. The first kappa shape index (κ1) is 28.9. The second-order valence-electron chi connectivity index (χ2n) is 10.5. The number of morpholine rings is 1. The van der Waals surface area contributed by atoms with Crippen molar-refractivity contribution in [3.8, 4) is 5.75 Å². The third-order valence-corrected chi connectivity index (χ3v) is 7.82. The number of aromatic nitrogens is 2. The van der Waals surface area contributed by atoms with Gasteiger partial charge in [-0.15, -0.1) is 0 Å². The number of ether oxygens (including phenoxy) is 2. The number of nitrogens with two attached hydrogens (primary N) is 1. The minimum atomic E-state index is -0.532. The Labute approximate surface area is 245 Å². The molecule has 1 aromatic heterocycles. The summed E-state index contributed by atoms with van der Waals surface area (Å²) in [6, 6.07) is 12.1. The zero-order valence-electron chi connectivity index (χ0n) is 23.7. The number of hydrogen-bond acceptors (Lipinski definition) is 10. The Hall–Kier alpha value is -3.64. The average molecular weight is 581 g/mol. The van der Waals surface area contributed by atoms with E-state index < -0.39 is 5.91 Å². The molecule has 2 saturated heterocycles. The Bertz CT molecular complexity index is 1380. The molecule has 4 N–H and O–H groups in total. The molecule has 1 atom stereocenters. The number of likely N-dealkylation sites (N-methyl/N-ethyl adjacent to an activating group) is 1. The van der Waals surface area contributed by atoms with Crippen LogP contribution in [0.25, 0.3) is 0 Å². The Morgan fingerprint density at radius 1 is 1.15 bits per heavy atom. The van der Waals surface area contributed by atoms with E-state index in [1.807, 2.05) is 36.4 Å². The van der Waals surface area contributed by atoms with E-state index >= 15 is 0 Å². The van der Waals surface area contributed by atoms with Gasteiger partial charge in [-0.1, -0.05) is 17.7 Å². The maximum absolute atomic E-state index is 12.4. The number of halogens is 1. The third kappa shape index (κ3) is 6.99. The minimum Gasteiger partial charge on any atom is -0.494 e. The molecule has 0 radical (unpaired) electrons. The molecule has 11 nitrogen and oxygen atoms in total. The van der Waals surface area contributed by atoms with Crippen molar-refractivity contribution >= 4 is 46.3 Å². The number of carbonyl (C=O) groups is 1. The van der Waals surface area contributed by atoms with Crippen molar-refractivity contribution in [3.63, 3.8) is 0 Å². The number of rotatable bonds is 10.